The zero-order chi connectivity index (χ0) is 12.4. The molecule has 1 aromatic carbocycles. The number of benzene rings is 1. The summed E-state index contributed by atoms with van der Waals surface area (Å²) in [5.74, 6) is -0.211. The number of rotatable bonds is 2. The summed E-state index contributed by atoms with van der Waals surface area (Å²) in [7, 11) is 1.78. The minimum absolute atomic E-state index is 0.211. The number of anilines is 2. The van der Waals surface area contributed by atoms with E-state index in [-0.39, 0.29) is 5.91 Å². The molecule has 0 spiro atoms. The second-order valence-electron chi connectivity index (χ2n) is 3.59. The van der Waals surface area contributed by atoms with Gasteiger partial charge < -0.3 is 11.1 Å². The van der Waals surface area contributed by atoms with E-state index in [2.05, 4.69) is 26.3 Å². The van der Waals surface area contributed by atoms with Gasteiger partial charge in [0.2, 0.25) is 0 Å². The van der Waals surface area contributed by atoms with Crippen LogP contribution in [0.25, 0.3) is 0 Å². The molecule has 0 atom stereocenters. The molecule has 6 heteroatoms. The monoisotopic (exact) mass is 294 g/mol. The van der Waals surface area contributed by atoms with Gasteiger partial charge in [-0.25, -0.2) is 0 Å². The fraction of sp³-hybridized carbons (Fsp3) is 0.0909. The Morgan fingerprint density at radius 1 is 1.53 bits per heavy atom. The summed E-state index contributed by atoms with van der Waals surface area (Å²) < 4.78 is 2.39. The third kappa shape index (κ3) is 2.65. The zero-order valence-electron chi connectivity index (χ0n) is 9.14. The van der Waals surface area contributed by atoms with Crippen LogP contribution in [0.1, 0.15) is 10.4 Å². The van der Waals surface area contributed by atoms with Gasteiger partial charge >= 0.3 is 0 Å². The van der Waals surface area contributed by atoms with Crippen LogP contribution in [-0.4, -0.2) is 15.7 Å². The van der Waals surface area contributed by atoms with Gasteiger partial charge in [-0.1, -0.05) is 0 Å². The van der Waals surface area contributed by atoms with Crippen molar-refractivity contribution in [3.05, 3.63) is 40.6 Å². The number of nitrogens with two attached hydrogens (primary N) is 1. The standard InChI is InChI=1S/C11H11BrN4O/c1-16-6-8(5-14-16)15-11(17)7-2-3-9(12)10(13)4-7/h2-6H,13H2,1H3,(H,15,17). The van der Waals surface area contributed by atoms with E-state index in [4.69, 9.17) is 5.73 Å². The van der Waals surface area contributed by atoms with Crippen molar-refractivity contribution in [1.82, 2.24) is 9.78 Å². The summed E-state index contributed by atoms with van der Waals surface area (Å²) in [4.78, 5) is 11.9. The highest BCUT2D eigenvalue weighted by atomic mass is 79.9. The molecule has 3 N–H and O–H groups in total. The van der Waals surface area contributed by atoms with Crippen LogP contribution in [0.3, 0.4) is 0 Å². The van der Waals surface area contributed by atoms with Crippen molar-refractivity contribution < 1.29 is 4.79 Å². The third-order valence-corrected chi connectivity index (χ3v) is 2.94. The van der Waals surface area contributed by atoms with Gasteiger partial charge in [0.1, 0.15) is 0 Å². The molecule has 0 saturated heterocycles. The van der Waals surface area contributed by atoms with Gasteiger partial charge in [-0.3, -0.25) is 9.48 Å². The SMILES string of the molecule is Cn1cc(NC(=O)c2ccc(Br)c(N)c2)cn1. The lowest BCUT2D eigenvalue weighted by Gasteiger charge is -2.04. The molecule has 5 nitrogen and oxygen atoms in total. The molecule has 1 amide bonds. The van der Waals surface area contributed by atoms with Gasteiger partial charge in [-0.05, 0) is 34.1 Å². The van der Waals surface area contributed by atoms with Crippen LogP contribution in [-0.2, 0) is 7.05 Å². The van der Waals surface area contributed by atoms with Crippen LogP contribution in [0.4, 0.5) is 11.4 Å². The number of carbonyl (C=O) groups excluding carboxylic acids is 1. The second kappa shape index (κ2) is 4.58. The summed E-state index contributed by atoms with van der Waals surface area (Å²) in [6.45, 7) is 0. The number of nitrogens with zero attached hydrogens (tertiary/aromatic N) is 2. The molecule has 2 rings (SSSR count). The second-order valence-corrected chi connectivity index (χ2v) is 4.45. The van der Waals surface area contributed by atoms with Crippen molar-refractivity contribution in [3.8, 4) is 0 Å². The third-order valence-electron chi connectivity index (χ3n) is 2.22. The molecule has 0 aliphatic carbocycles. The number of aryl methyl sites for hydroxylation is 1. The number of hydrogen-bond acceptors (Lipinski definition) is 3. The number of halogens is 1. The minimum atomic E-state index is -0.211. The van der Waals surface area contributed by atoms with E-state index < -0.39 is 0 Å². The molecular formula is C11H11BrN4O. The first-order valence-corrected chi connectivity index (χ1v) is 5.70. The maximum Gasteiger partial charge on any atom is 0.255 e. The molecule has 1 aromatic heterocycles. The lowest BCUT2D eigenvalue weighted by Crippen LogP contribution is -2.11. The Hall–Kier alpha value is -1.82. The van der Waals surface area contributed by atoms with Crippen LogP contribution in [0.5, 0.6) is 0 Å². The van der Waals surface area contributed by atoms with Crippen molar-refractivity contribution in [1.29, 1.82) is 0 Å². The van der Waals surface area contributed by atoms with E-state index in [1.165, 1.54) is 0 Å². The molecule has 0 bridgehead atoms. The number of nitrogen functional groups attached to an aromatic ring is 1. The van der Waals surface area contributed by atoms with Gasteiger partial charge in [0.15, 0.2) is 0 Å². The molecule has 0 saturated carbocycles. The number of nitrogens with one attached hydrogen (secondary N) is 1. The number of amides is 1. The molecule has 0 radical (unpaired) electrons. The molecule has 0 aliphatic rings. The van der Waals surface area contributed by atoms with Gasteiger partial charge in [-0.2, -0.15) is 5.10 Å². The van der Waals surface area contributed by atoms with Crippen molar-refractivity contribution in [3.63, 3.8) is 0 Å². The topological polar surface area (TPSA) is 72.9 Å². The predicted molar refractivity (Wildman–Crippen MR) is 69.7 cm³/mol. The highest BCUT2D eigenvalue weighted by Crippen LogP contribution is 2.20. The van der Waals surface area contributed by atoms with Crippen molar-refractivity contribution in [2.45, 2.75) is 0 Å². The van der Waals surface area contributed by atoms with Crippen LogP contribution in [0.2, 0.25) is 0 Å². The largest absolute Gasteiger partial charge is 0.398 e. The van der Waals surface area contributed by atoms with Crippen molar-refractivity contribution >= 4 is 33.2 Å². The van der Waals surface area contributed by atoms with Gasteiger partial charge in [0.05, 0.1) is 11.9 Å². The van der Waals surface area contributed by atoms with Gasteiger partial charge in [-0.15, -0.1) is 0 Å². The van der Waals surface area contributed by atoms with Gasteiger partial charge in [0.25, 0.3) is 5.91 Å². The fourth-order valence-corrected chi connectivity index (χ4v) is 1.62. The highest BCUT2D eigenvalue weighted by Gasteiger charge is 2.08. The Morgan fingerprint density at radius 2 is 2.29 bits per heavy atom. The van der Waals surface area contributed by atoms with E-state index in [1.54, 1.807) is 42.3 Å². The van der Waals surface area contributed by atoms with E-state index >= 15 is 0 Å². The number of hydrogen-bond donors (Lipinski definition) is 2. The molecule has 0 fully saturated rings. The van der Waals surface area contributed by atoms with Crippen LogP contribution in [0, 0.1) is 0 Å². The first-order valence-electron chi connectivity index (χ1n) is 4.91. The smallest absolute Gasteiger partial charge is 0.255 e. The quantitative estimate of drug-likeness (QED) is 0.832. The van der Waals surface area contributed by atoms with E-state index in [0.717, 1.165) is 4.47 Å². The molecule has 0 unspecified atom stereocenters. The average molecular weight is 295 g/mol. The Morgan fingerprint density at radius 3 is 2.88 bits per heavy atom. The summed E-state index contributed by atoms with van der Waals surface area (Å²) in [6.07, 6.45) is 3.31. The molecule has 2 aromatic rings. The average Bonchev–Trinajstić information content (AvgIpc) is 2.68. The maximum absolute atomic E-state index is 11.9. The van der Waals surface area contributed by atoms with Crippen LogP contribution >= 0.6 is 15.9 Å². The Kier molecular flexibility index (Phi) is 3.14. The lowest BCUT2D eigenvalue weighted by atomic mass is 10.2. The molecule has 17 heavy (non-hydrogen) atoms. The van der Waals surface area contributed by atoms with E-state index in [9.17, 15) is 4.79 Å². The normalized spacial score (nSPS) is 10.2. The summed E-state index contributed by atoms with van der Waals surface area (Å²) in [6, 6.07) is 5.06. The predicted octanol–water partition coefficient (Wildman–Crippen LogP) is 2.02. The van der Waals surface area contributed by atoms with E-state index in [1.807, 2.05) is 0 Å². The lowest BCUT2D eigenvalue weighted by molar-refractivity contribution is 0.102. The molecule has 1 heterocycles. The Bertz CT molecular complexity index is 564. The number of carbonyl (C=O) groups is 1. The van der Waals surface area contributed by atoms with Gasteiger partial charge in [0, 0.05) is 29.0 Å². The van der Waals surface area contributed by atoms with E-state index in [0.29, 0.717) is 16.9 Å². The summed E-state index contributed by atoms with van der Waals surface area (Å²) in [5, 5.41) is 6.70. The van der Waals surface area contributed by atoms with Crippen LogP contribution in [0.15, 0.2) is 35.1 Å². The first-order chi connectivity index (χ1) is 8.06. The highest BCUT2D eigenvalue weighted by molar-refractivity contribution is 9.10. The number of aromatic nitrogens is 2. The Balaban J connectivity index is 2.17. The van der Waals surface area contributed by atoms with Crippen LogP contribution < -0.4 is 11.1 Å². The molecule has 0 aliphatic heterocycles. The van der Waals surface area contributed by atoms with Crippen molar-refractivity contribution in [2.24, 2.45) is 7.05 Å². The fourth-order valence-electron chi connectivity index (χ4n) is 1.37. The summed E-state index contributed by atoms with van der Waals surface area (Å²) >= 11 is 3.28. The molecular weight excluding hydrogens is 284 g/mol. The molecule has 88 valence electrons. The summed E-state index contributed by atoms with van der Waals surface area (Å²) in [5.41, 5.74) is 7.40. The maximum atomic E-state index is 11.9. The van der Waals surface area contributed by atoms with Crippen molar-refractivity contribution in [2.75, 3.05) is 11.1 Å². The first kappa shape index (κ1) is 11.7. The minimum Gasteiger partial charge on any atom is -0.398 e. The Labute approximate surface area is 107 Å². The zero-order valence-corrected chi connectivity index (χ0v) is 10.7.